The van der Waals surface area contributed by atoms with Gasteiger partial charge in [-0.05, 0) is 25.1 Å². The number of piperidine rings is 1. The Kier molecular flexibility index (Phi) is 4.11. The molecular weight excluding hydrogens is 256 g/mol. The van der Waals surface area contributed by atoms with Crippen LogP contribution < -0.4 is 0 Å². The van der Waals surface area contributed by atoms with Gasteiger partial charge in [-0.25, -0.2) is 8.78 Å². The van der Waals surface area contributed by atoms with Crippen LogP contribution in [0.3, 0.4) is 0 Å². The summed E-state index contributed by atoms with van der Waals surface area (Å²) in [5.74, 6) is -3.10. The highest BCUT2D eigenvalue weighted by atomic mass is 19.1. The average Bonchev–Trinajstić information content (AvgIpc) is 2.33. The van der Waals surface area contributed by atoms with Gasteiger partial charge in [0.05, 0.1) is 12.0 Å². The molecule has 0 unspecified atom stereocenters. The highest BCUT2D eigenvalue weighted by Crippen LogP contribution is 2.21. The molecular formula is C13H15F2NO3. The summed E-state index contributed by atoms with van der Waals surface area (Å²) < 4.78 is 27.0. The number of hydrogen-bond acceptors (Lipinski definition) is 3. The molecule has 1 aromatic rings. The van der Waals surface area contributed by atoms with Crippen LogP contribution in [0.4, 0.5) is 8.78 Å². The second kappa shape index (κ2) is 5.63. The first-order chi connectivity index (χ1) is 8.99. The average molecular weight is 271 g/mol. The van der Waals surface area contributed by atoms with Crippen molar-refractivity contribution >= 4 is 5.97 Å². The number of β-amino-alcohol motifs (C(OH)–C–C–N with tert-alkyl or cyclic N) is 1. The van der Waals surface area contributed by atoms with Crippen molar-refractivity contribution < 1.29 is 23.8 Å². The van der Waals surface area contributed by atoms with Gasteiger partial charge in [0.25, 0.3) is 0 Å². The maximum Gasteiger partial charge on any atom is 0.309 e. The lowest BCUT2D eigenvalue weighted by atomic mass is 9.94. The fourth-order valence-corrected chi connectivity index (χ4v) is 2.34. The van der Waals surface area contributed by atoms with Crippen molar-refractivity contribution in [3.8, 4) is 0 Å². The topological polar surface area (TPSA) is 60.8 Å². The zero-order valence-electron chi connectivity index (χ0n) is 10.2. The lowest BCUT2D eigenvalue weighted by molar-refractivity contribution is -0.148. The van der Waals surface area contributed by atoms with Crippen LogP contribution in [-0.4, -0.2) is 40.3 Å². The SMILES string of the molecule is O=C(O)[C@H]1CCN(Cc2c(F)cccc2F)C[C@H]1O. The zero-order chi connectivity index (χ0) is 14.0. The Balaban J connectivity index is 2.04. The first kappa shape index (κ1) is 13.9. The zero-order valence-corrected chi connectivity index (χ0v) is 10.2. The third-order valence-electron chi connectivity index (χ3n) is 3.43. The number of aliphatic carboxylic acids is 1. The predicted molar refractivity (Wildman–Crippen MR) is 63.4 cm³/mol. The number of halogens is 2. The predicted octanol–water partition coefficient (Wildman–Crippen LogP) is 1.23. The molecule has 0 saturated carbocycles. The van der Waals surface area contributed by atoms with Crippen molar-refractivity contribution in [3.63, 3.8) is 0 Å². The molecule has 1 aliphatic heterocycles. The van der Waals surface area contributed by atoms with Crippen LogP contribution in [0.2, 0.25) is 0 Å². The minimum atomic E-state index is -1.04. The van der Waals surface area contributed by atoms with E-state index in [0.29, 0.717) is 6.54 Å². The van der Waals surface area contributed by atoms with Gasteiger partial charge in [0, 0.05) is 18.7 Å². The molecule has 0 bridgehead atoms. The summed E-state index contributed by atoms with van der Waals surface area (Å²) in [5, 5.41) is 18.6. The Morgan fingerprint density at radius 3 is 2.53 bits per heavy atom. The van der Waals surface area contributed by atoms with E-state index in [2.05, 4.69) is 0 Å². The molecule has 0 radical (unpaired) electrons. The molecule has 19 heavy (non-hydrogen) atoms. The minimum absolute atomic E-state index is 0.0297. The number of rotatable bonds is 3. The van der Waals surface area contributed by atoms with Crippen LogP contribution in [0, 0.1) is 17.6 Å². The van der Waals surface area contributed by atoms with Gasteiger partial charge in [0.15, 0.2) is 0 Å². The number of benzene rings is 1. The van der Waals surface area contributed by atoms with Gasteiger partial charge < -0.3 is 10.2 Å². The number of nitrogens with zero attached hydrogens (tertiary/aromatic N) is 1. The van der Waals surface area contributed by atoms with Crippen LogP contribution in [-0.2, 0) is 11.3 Å². The molecule has 4 nitrogen and oxygen atoms in total. The van der Waals surface area contributed by atoms with E-state index in [9.17, 15) is 18.7 Å². The van der Waals surface area contributed by atoms with E-state index in [1.165, 1.54) is 18.2 Å². The van der Waals surface area contributed by atoms with Gasteiger partial charge in [-0.1, -0.05) is 6.07 Å². The summed E-state index contributed by atoms with van der Waals surface area (Å²) in [6, 6.07) is 3.65. The van der Waals surface area contributed by atoms with Crippen molar-refractivity contribution in [3.05, 3.63) is 35.4 Å². The molecule has 0 amide bonds. The summed E-state index contributed by atoms with van der Waals surface area (Å²) >= 11 is 0. The largest absolute Gasteiger partial charge is 0.481 e. The summed E-state index contributed by atoms with van der Waals surface area (Å²) in [6.07, 6.45) is -0.742. The summed E-state index contributed by atoms with van der Waals surface area (Å²) in [4.78, 5) is 12.5. The van der Waals surface area contributed by atoms with E-state index >= 15 is 0 Å². The molecule has 1 fully saturated rings. The van der Waals surface area contributed by atoms with E-state index in [1.807, 2.05) is 0 Å². The third-order valence-corrected chi connectivity index (χ3v) is 3.43. The van der Waals surface area contributed by atoms with Gasteiger partial charge in [-0.15, -0.1) is 0 Å². The smallest absolute Gasteiger partial charge is 0.309 e. The second-order valence-corrected chi connectivity index (χ2v) is 4.74. The number of carbonyl (C=O) groups is 1. The maximum atomic E-state index is 13.5. The molecule has 0 aliphatic carbocycles. The second-order valence-electron chi connectivity index (χ2n) is 4.74. The summed E-state index contributed by atoms with van der Waals surface area (Å²) in [7, 11) is 0. The quantitative estimate of drug-likeness (QED) is 0.868. The van der Waals surface area contributed by atoms with Crippen molar-refractivity contribution in [2.75, 3.05) is 13.1 Å². The summed E-state index contributed by atoms with van der Waals surface area (Å²) in [6.45, 7) is 0.522. The third kappa shape index (κ3) is 3.08. The molecule has 0 aromatic heterocycles. The highest BCUT2D eigenvalue weighted by Gasteiger charge is 2.33. The van der Waals surface area contributed by atoms with Gasteiger partial charge in [-0.3, -0.25) is 9.69 Å². The Morgan fingerprint density at radius 2 is 2.00 bits per heavy atom. The Morgan fingerprint density at radius 1 is 1.37 bits per heavy atom. The van der Waals surface area contributed by atoms with Gasteiger partial charge in [0.2, 0.25) is 0 Å². The van der Waals surface area contributed by atoms with Gasteiger partial charge >= 0.3 is 5.97 Å². The number of carboxylic acid groups (broad SMARTS) is 1. The molecule has 1 aliphatic rings. The standard InChI is InChI=1S/C13H15F2NO3/c14-10-2-1-3-11(15)9(10)6-16-5-4-8(13(18)19)12(17)7-16/h1-3,8,12,17H,4-7H2,(H,18,19)/t8-,12+/m0/s1. The van der Waals surface area contributed by atoms with Crippen molar-refractivity contribution in [1.82, 2.24) is 4.90 Å². The highest BCUT2D eigenvalue weighted by molar-refractivity contribution is 5.70. The van der Waals surface area contributed by atoms with Crippen LogP contribution in [0.25, 0.3) is 0 Å². The van der Waals surface area contributed by atoms with Crippen molar-refractivity contribution in [2.24, 2.45) is 5.92 Å². The van der Waals surface area contributed by atoms with Crippen LogP contribution in [0.15, 0.2) is 18.2 Å². The molecule has 2 rings (SSSR count). The summed E-state index contributed by atoms with van der Waals surface area (Å²) in [5.41, 5.74) is -0.0523. The number of carboxylic acids is 1. The number of hydrogen-bond donors (Lipinski definition) is 2. The molecule has 1 saturated heterocycles. The van der Waals surface area contributed by atoms with Gasteiger partial charge in [-0.2, -0.15) is 0 Å². The van der Waals surface area contributed by atoms with Crippen molar-refractivity contribution in [1.29, 1.82) is 0 Å². The monoisotopic (exact) mass is 271 g/mol. The fraction of sp³-hybridized carbons (Fsp3) is 0.462. The maximum absolute atomic E-state index is 13.5. The Hall–Kier alpha value is -1.53. The number of aliphatic hydroxyl groups excluding tert-OH is 1. The van der Waals surface area contributed by atoms with E-state index in [0.717, 1.165) is 0 Å². The van der Waals surface area contributed by atoms with E-state index < -0.39 is 29.6 Å². The lowest BCUT2D eigenvalue weighted by Crippen LogP contribution is -2.46. The van der Waals surface area contributed by atoms with Crippen molar-refractivity contribution in [2.45, 2.75) is 19.1 Å². The van der Waals surface area contributed by atoms with Crippen LogP contribution in [0.5, 0.6) is 0 Å². The first-order valence-electron chi connectivity index (χ1n) is 6.05. The molecule has 0 spiro atoms. The molecule has 1 heterocycles. The molecule has 2 atom stereocenters. The van der Waals surface area contributed by atoms with E-state index in [-0.39, 0.29) is 25.1 Å². The van der Waals surface area contributed by atoms with Gasteiger partial charge in [0.1, 0.15) is 11.6 Å². The van der Waals surface area contributed by atoms with Crippen LogP contribution >= 0.6 is 0 Å². The lowest BCUT2D eigenvalue weighted by Gasteiger charge is -2.34. The molecule has 2 N–H and O–H groups in total. The Bertz CT molecular complexity index is 461. The van der Waals surface area contributed by atoms with E-state index in [1.54, 1.807) is 4.90 Å². The Labute approximate surface area is 109 Å². The van der Waals surface area contributed by atoms with E-state index in [4.69, 9.17) is 5.11 Å². The number of aliphatic hydroxyl groups is 1. The molecule has 1 aromatic carbocycles. The fourth-order valence-electron chi connectivity index (χ4n) is 2.34. The normalized spacial score (nSPS) is 24.4. The molecule has 6 heteroatoms. The first-order valence-corrected chi connectivity index (χ1v) is 6.05. The molecule has 104 valence electrons. The number of likely N-dealkylation sites (tertiary alicyclic amines) is 1. The van der Waals surface area contributed by atoms with Crippen LogP contribution in [0.1, 0.15) is 12.0 Å². The minimum Gasteiger partial charge on any atom is -0.481 e.